The highest BCUT2D eigenvalue weighted by Crippen LogP contribution is 2.31. The number of halogens is 1. The zero-order chi connectivity index (χ0) is 21.6. The Kier molecular flexibility index (Phi) is 9.71. The number of carbonyl (C=O) groups excluding carboxylic acids is 1. The molecule has 2 heterocycles. The van der Waals surface area contributed by atoms with E-state index in [1.807, 2.05) is 43.9 Å². The van der Waals surface area contributed by atoms with Crippen LogP contribution in [0.4, 0.5) is 4.79 Å². The molecule has 2 aliphatic heterocycles. The number of nitrogens with one attached hydrogen (secondary N) is 2. The summed E-state index contributed by atoms with van der Waals surface area (Å²) in [4.78, 5) is 18.6. The van der Waals surface area contributed by atoms with Crippen molar-refractivity contribution in [3.8, 4) is 5.75 Å². The van der Waals surface area contributed by atoms with Crippen molar-refractivity contribution < 1.29 is 14.3 Å². The van der Waals surface area contributed by atoms with Crippen LogP contribution in [0.25, 0.3) is 0 Å². The van der Waals surface area contributed by atoms with Gasteiger partial charge in [0.2, 0.25) is 0 Å². The number of aliphatic imine (C=N–C) groups is 1. The average molecular weight is 544 g/mol. The van der Waals surface area contributed by atoms with E-state index in [1.165, 1.54) is 5.56 Å². The molecule has 2 atom stereocenters. The molecule has 0 bridgehead atoms. The first-order valence-corrected chi connectivity index (χ1v) is 11.0. The van der Waals surface area contributed by atoms with Gasteiger partial charge in [0.15, 0.2) is 5.96 Å². The van der Waals surface area contributed by atoms with Crippen LogP contribution in [0.5, 0.6) is 5.75 Å². The lowest BCUT2D eigenvalue weighted by atomic mass is 9.95. The number of fused-ring (bicyclic) bond motifs is 1. The number of guanidine groups is 1. The van der Waals surface area contributed by atoms with E-state index in [-0.39, 0.29) is 36.1 Å². The number of hydrogen-bond acceptors (Lipinski definition) is 4. The Bertz CT molecular complexity index is 751. The summed E-state index contributed by atoms with van der Waals surface area (Å²) in [5.41, 5.74) is 0.721. The molecule has 2 aliphatic rings. The Morgan fingerprint density at radius 2 is 2.06 bits per heavy atom. The van der Waals surface area contributed by atoms with Crippen LogP contribution in [0.1, 0.15) is 58.1 Å². The van der Waals surface area contributed by atoms with E-state index in [0.717, 1.165) is 57.0 Å². The minimum atomic E-state index is -0.452. The number of amides is 1. The highest BCUT2D eigenvalue weighted by Gasteiger charge is 2.27. The number of benzene rings is 1. The first-order valence-electron chi connectivity index (χ1n) is 11.0. The number of piperidine rings is 1. The molecule has 1 amide bonds. The minimum absolute atomic E-state index is 0. The summed E-state index contributed by atoms with van der Waals surface area (Å²) in [6.07, 6.45) is 3.86. The smallest absolute Gasteiger partial charge is 0.410 e. The number of rotatable bonds is 4. The first kappa shape index (κ1) is 25.5. The number of ether oxygens (including phenoxy) is 2. The standard InChI is InChI=1S/C23H36N4O3.HI/c1-23(2,3)30-22(28)27-14-7-8-17(16-27)11-13-25-21(24-4)26-19-12-15-29-20-10-6-5-9-18(19)20;/h5-6,9-10,17,19H,7-8,11-16H2,1-4H3,(H2,24,25,26);1H. The fourth-order valence-corrected chi connectivity index (χ4v) is 4.04. The molecule has 1 fully saturated rings. The summed E-state index contributed by atoms with van der Waals surface area (Å²) in [5.74, 6) is 2.22. The van der Waals surface area contributed by atoms with Crippen LogP contribution in [0.15, 0.2) is 29.3 Å². The van der Waals surface area contributed by atoms with Gasteiger partial charge in [-0.1, -0.05) is 18.2 Å². The Morgan fingerprint density at radius 3 is 2.81 bits per heavy atom. The second kappa shape index (κ2) is 11.8. The van der Waals surface area contributed by atoms with Crippen molar-refractivity contribution in [3.63, 3.8) is 0 Å². The highest BCUT2D eigenvalue weighted by molar-refractivity contribution is 14.0. The summed E-state index contributed by atoms with van der Waals surface area (Å²) in [6, 6.07) is 8.35. The Balaban J connectivity index is 0.00000341. The molecule has 0 aromatic heterocycles. The van der Waals surface area contributed by atoms with Gasteiger partial charge < -0.3 is 25.0 Å². The predicted octanol–water partition coefficient (Wildman–Crippen LogP) is 4.33. The van der Waals surface area contributed by atoms with E-state index >= 15 is 0 Å². The summed E-state index contributed by atoms with van der Waals surface area (Å²) in [7, 11) is 1.80. The lowest BCUT2D eigenvalue weighted by Gasteiger charge is -2.34. The van der Waals surface area contributed by atoms with Gasteiger partial charge in [-0.05, 0) is 52.0 Å². The predicted molar refractivity (Wildman–Crippen MR) is 134 cm³/mol. The van der Waals surface area contributed by atoms with Crippen molar-refractivity contribution in [3.05, 3.63) is 29.8 Å². The minimum Gasteiger partial charge on any atom is -0.493 e. The monoisotopic (exact) mass is 544 g/mol. The third-order valence-electron chi connectivity index (χ3n) is 5.51. The van der Waals surface area contributed by atoms with Crippen LogP contribution in [-0.2, 0) is 4.74 Å². The van der Waals surface area contributed by atoms with Crippen molar-refractivity contribution in [2.75, 3.05) is 33.3 Å². The molecule has 174 valence electrons. The van der Waals surface area contributed by atoms with Crippen molar-refractivity contribution in [1.82, 2.24) is 15.5 Å². The quantitative estimate of drug-likeness (QED) is 0.336. The first-order chi connectivity index (χ1) is 14.4. The van der Waals surface area contributed by atoms with Crippen LogP contribution in [0, 0.1) is 5.92 Å². The van der Waals surface area contributed by atoms with Gasteiger partial charge in [0.05, 0.1) is 12.6 Å². The number of likely N-dealkylation sites (tertiary alicyclic amines) is 1. The Labute approximate surface area is 203 Å². The summed E-state index contributed by atoms with van der Waals surface area (Å²) >= 11 is 0. The molecule has 2 N–H and O–H groups in total. The second-order valence-electron chi connectivity index (χ2n) is 9.09. The van der Waals surface area contributed by atoms with E-state index in [2.05, 4.69) is 21.7 Å². The van der Waals surface area contributed by atoms with Crippen molar-refractivity contribution in [2.45, 2.75) is 58.1 Å². The number of carbonyl (C=O) groups is 1. The van der Waals surface area contributed by atoms with Crippen molar-refractivity contribution in [2.24, 2.45) is 10.9 Å². The van der Waals surface area contributed by atoms with E-state index in [0.29, 0.717) is 12.5 Å². The van der Waals surface area contributed by atoms with Gasteiger partial charge in [0.1, 0.15) is 11.4 Å². The molecule has 7 nitrogen and oxygen atoms in total. The molecule has 1 saturated heterocycles. The largest absolute Gasteiger partial charge is 0.493 e. The molecule has 1 aromatic rings. The Morgan fingerprint density at radius 1 is 1.29 bits per heavy atom. The van der Waals surface area contributed by atoms with E-state index in [1.54, 1.807) is 7.05 Å². The SMILES string of the molecule is CN=C(NCCC1CCCN(C(=O)OC(C)(C)C)C1)NC1CCOc2ccccc21.I. The normalized spacial score (nSPS) is 21.3. The van der Waals surface area contributed by atoms with Gasteiger partial charge in [-0.2, -0.15) is 0 Å². The second-order valence-corrected chi connectivity index (χ2v) is 9.09. The molecular formula is C23H37IN4O3. The molecule has 2 unspecified atom stereocenters. The van der Waals surface area contributed by atoms with Gasteiger partial charge in [-0.3, -0.25) is 4.99 Å². The van der Waals surface area contributed by atoms with Crippen LogP contribution in [0.3, 0.4) is 0 Å². The summed E-state index contributed by atoms with van der Waals surface area (Å²) in [5, 5.41) is 6.97. The van der Waals surface area contributed by atoms with Crippen LogP contribution in [-0.4, -0.2) is 55.8 Å². The molecule has 0 radical (unpaired) electrons. The fraction of sp³-hybridized carbons (Fsp3) is 0.652. The van der Waals surface area contributed by atoms with E-state index in [9.17, 15) is 4.79 Å². The van der Waals surface area contributed by atoms with Crippen molar-refractivity contribution >= 4 is 36.0 Å². The zero-order valence-corrected chi connectivity index (χ0v) is 21.5. The number of hydrogen-bond donors (Lipinski definition) is 2. The lowest BCUT2D eigenvalue weighted by Crippen LogP contribution is -2.44. The van der Waals surface area contributed by atoms with Gasteiger partial charge >= 0.3 is 6.09 Å². The van der Waals surface area contributed by atoms with E-state index in [4.69, 9.17) is 9.47 Å². The fourth-order valence-electron chi connectivity index (χ4n) is 4.04. The van der Waals surface area contributed by atoms with Crippen LogP contribution in [0.2, 0.25) is 0 Å². The number of para-hydroxylation sites is 1. The van der Waals surface area contributed by atoms with Crippen molar-refractivity contribution in [1.29, 1.82) is 0 Å². The van der Waals surface area contributed by atoms with E-state index < -0.39 is 5.60 Å². The van der Waals surface area contributed by atoms with Crippen LogP contribution >= 0.6 is 24.0 Å². The Hall–Kier alpha value is -1.71. The molecule has 31 heavy (non-hydrogen) atoms. The third kappa shape index (κ3) is 7.73. The third-order valence-corrected chi connectivity index (χ3v) is 5.51. The molecule has 0 saturated carbocycles. The average Bonchev–Trinajstić information content (AvgIpc) is 2.72. The summed E-state index contributed by atoms with van der Waals surface area (Å²) in [6.45, 7) is 8.79. The molecule has 0 spiro atoms. The molecular weight excluding hydrogens is 507 g/mol. The van der Waals surface area contributed by atoms with Gasteiger partial charge in [0.25, 0.3) is 0 Å². The van der Waals surface area contributed by atoms with Gasteiger partial charge in [-0.15, -0.1) is 24.0 Å². The molecule has 0 aliphatic carbocycles. The van der Waals surface area contributed by atoms with Gasteiger partial charge in [-0.25, -0.2) is 4.79 Å². The maximum Gasteiger partial charge on any atom is 0.410 e. The highest BCUT2D eigenvalue weighted by atomic mass is 127. The summed E-state index contributed by atoms with van der Waals surface area (Å²) < 4.78 is 11.3. The van der Waals surface area contributed by atoms with Gasteiger partial charge in [0, 0.05) is 38.7 Å². The lowest BCUT2D eigenvalue weighted by molar-refractivity contribution is 0.0162. The zero-order valence-electron chi connectivity index (χ0n) is 19.1. The van der Waals surface area contributed by atoms with Crippen LogP contribution < -0.4 is 15.4 Å². The molecule has 8 heteroatoms. The maximum absolute atomic E-state index is 12.4. The topological polar surface area (TPSA) is 75.2 Å². The molecule has 3 rings (SSSR count). The maximum atomic E-state index is 12.4. The number of nitrogens with zero attached hydrogens (tertiary/aromatic N) is 2. The molecule has 1 aromatic carbocycles.